The first-order valence-electron chi connectivity index (χ1n) is 9.54. The molecule has 7 nitrogen and oxygen atoms in total. The maximum absolute atomic E-state index is 12.3. The van der Waals surface area contributed by atoms with Gasteiger partial charge in [-0.25, -0.2) is 0 Å². The molecule has 2 aromatic carbocycles. The van der Waals surface area contributed by atoms with Crippen molar-refractivity contribution < 1.29 is 18.8 Å². The van der Waals surface area contributed by atoms with E-state index in [0.29, 0.717) is 37.0 Å². The molecule has 1 aromatic heterocycles. The van der Waals surface area contributed by atoms with E-state index < -0.39 is 0 Å². The van der Waals surface area contributed by atoms with Gasteiger partial charge in [0.15, 0.2) is 12.4 Å². The average Bonchev–Trinajstić information content (AvgIpc) is 3.13. The number of amides is 1. The number of hydrogen-bond donors (Lipinski definition) is 0. The zero-order valence-electron chi connectivity index (χ0n) is 16.5. The summed E-state index contributed by atoms with van der Waals surface area (Å²) in [7, 11) is 1.64. The Morgan fingerprint density at radius 1 is 1.21 bits per heavy atom. The molecule has 150 valence electrons. The van der Waals surface area contributed by atoms with E-state index in [1.165, 1.54) is 0 Å². The number of aromatic nitrogens is 2. The van der Waals surface area contributed by atoms with Gasteiger partial charge in [0.05, 0.1) is 13.0 Å². The minimum Gasteiger partial charge on any atom is -0.496 e. The predicted octanol–water partition coefficient (Wildman–Crippen LogP) is 2.98. The van der Waals surface area contributed by atoms with E-state index in [1.54, 1.807) is 12.0 Å². The van der Waals surface area contributed by atoms with E-state index in [0.717, 1.165) is 16.9 Å². The summed E-state index contributed by atoms with van der Waals surface area (Å²) in [6, 6.07) is 15.4. The molecule has 0 spiro atoms. The van der Waals surface area contributed by atoms with E-state index in [2.05, 4.69) is 10.1 Å². The quantitative estimate of drug-likeness (QED) is 0.614. The van der Waals surface area contributed by atoms with Crippen molar-refractivity contribution in [2.75, 3.05) is 26.8 Å². The van der Waals surface area contributed by atoms with Crippen LogP contribution in [-0.4, -0.2) is 47.8 Å². The molecule has 1 saturated heterocycles. The van der Waals surface area contributed by atoms with Crippen molar-refractivity contribution in [1.82, 2.24) is 15.0 Å². The summed E-state index contributed by atoms with van der Waals surface area (Å²) in [6.07, 6.45) is 0.535. The lowest BCUT2D eigenvalue weighted by molar-refractivity contribution is -0.138. The van der Waals surface area contributed by atoms with Crippen LogP contribution in [0, 0.1) is 6.92 Å². The first-order chi connectivity index (χ1) is 14.1. The lowest BCUT2D eigenvalue weighted by Crippen LogP contribution is -2.50. The lowest BCUT2D eigenvalue weighted by atomic mass is 10.0. The number of hydrogen-bond acceptors (Lipinski definition) is 6. The van der Waals surface area contributed by atoms with E-state index in [1.807, 2.05) is 55.5 Å². The number of para-hydroxylation sites is 1. The van der Waals surface area contributed by atoms with Crippen LogP contribution in [-0.2, 0) is 11.2 Å². The van der Waals surface area contributed by atoms with Crippen LogP contribution in [0.4, 0.5) is 0 Å². The Bertz CT molecular complexity index is 995. The van der Waals surface area contributed by atoms with Crippen LogP contribution in [0.2, 0.25) is 0 Å². The molecular weight excluding hydrogens is 370 g/mol. The Morgan fingerprint density at radius 3 is 2.83 bits per heavy atom. The van der Waals surface area contributed by atoms with Crippen LogP contribution in [0.5, 0.6) is 11.5 Å². The van der Waals surface area contributed by atoms with Crippen molar-refractivity contribution in [3.05, 3.63) is 71.4 Å². The van der Waals surface area contributed by atoms with Crippen molar-refractivity contribution in [3.63, 3.8) is 0 Å². The molecule has 0 unspecified atom stereocenters. The minimum absolute atomic E-state index is 0.0268. The number of carbonyl (C=O) groups is 1. The third-order valence-electron chi connectivity index (χ3n) is 4.96. The molecule has 0 bridgehead atoms. The molecule has 0 radical (unpaired) electrons. The highest BCUT2D eigenvalue weighted by Gasteiger charge is 2.35. The molecule has 2 heterocycles. The molecule has 7 heteroatoms. The number of benzene rings is 2. The molecule has 1 aliphatic heterocycles. The molecule has 0 saturated carbocycles. The second kappa shape index (κ2) is 8.34. The fraction of sp³-hybridized carbons (Fsp3) is 0.318. The zero-order valence-corrected chi connectivity index (χ0v) is 16.5. The number of carbonyl (C=O) groups excluding carboxylic acids is 1. The molecule has 0 N–H and O–H groups in total. The van der Waals surface area contributed by atoms with Crippen LogP contribution in [0.3, 0.4) is 0 Å². The number of aryl methyl sites for hydroxylation is 1. The predicted molar refractivity (Wildman–Crippen MR) is 106 cm³/mol. The van der Waals surface area contributed by atoms with Crippen molar-refractivity contribution in [2.24, 2.45) is 0 Å². The standard InChI is InChI=1S/C22H23N3O4/c1-15-6-5-8-18(10-15)28-14-21(26)25-12-17(13-25)22-23-20(24-29-22)11-16-7-3-4-9-19(16)27-2/h3-10,17H,11-14H2,1-2H3. The molecule has 29 heavy (non-hydrogen) atoms. The number of ether oxygens (including phenoxy) is 2. The van der Waals surface area contributed by atoms with Crippen molar-refractivity contribution in [2.45, 2.75) is 19.3 Å². The van der Waals surface area contributed by atoms with Crippen LogP contribution in [0.1, 0.15) is 28.8 Å². The number of likely N-dealkylation sites (tertiary alicyclic amines) is 1. The van der Waals surface area contributed by atoms with E-state index in [9.17, 15) is 4.79 Å². The largest absolute Gasteiger partial charge is 0.496 e. The highest BCUT2D eigenvalue weighted by atomic mass is 16.5. The molecular formula is C22H23N3O4. The Kier molecular flexibility index (Phi) is 5.46. The van der Waals surface area contributed by atoms with Crippen molar-refractivity contribution in [1.29, 1.82) is 0 Å². The summed E-state index contributed by atoms with van der Waals surface area (Å²) in [5.74, 6) is 2.70. The van der Waals surface area contributed by atoms with Crippen LogP contribution in [0.25, 0.3) is 0 Å². The molecule has 3 aromatic rings. The third-order valence-corrected chi connectivity index (χ3v) is 4.96. The number of methoxy groups -OCH3 is 1. The lowest BCUT2D eigenvalue weighted by Gasteiger charge is -2.36. The summed E-state index contributed by atoms with van der Waals surface area (Å²) < 4.78 is 16.4. The second-order valence-corrected chi connectivity index (χ2v) is 7.14. The van der Waals surface area contributed by atoms with Gasteiger partial charge in [0.1, 0.15) is 11.5 Å². The molecule has 0 aliphatic carbocycles. The molecule has 1 amide bonds. The molecule has 0 atom stereocenters. The summed E-state index contributed by atoms with van der Waals surface area (Å²) in [6.45, 7) is 3.14. The second-order valence-electron chi connectivity index (χ2n) is 7.14. The minimum atomic E-state index is -0.0449. The van der Waals surface area contributed by atoms with E-state index in [4.69, 9.17) is 14.0 Å². The fourth-order valence-corrected chi connectivity index (χ4v) is 3.30. The monoisotopic (exact) mass is 393 g/mol. The number of rotatable bonds is 7. The fourth-order valence-electron chi connectivity index (χ4n) is 3.30. The maximum atomic E-state index is 12.3. The smallest absolute Gasteiger partial charge is 0.260 e. The van der Waals surface area contributed by atoms with Crippen molar-refractivity contribution in [3.8, 4) is 11.5 Å². The number of nitrogens with zero attached hydrogens (tertiary/aromatic N) is 3. The van der Waals surface area contributed by atoms with E-state index in [-0.39, 0.29) is 18.4 Å². The third kappa shape index (κ3) is 4.39. The highest BCUT2D eigenvalue weighted by molar-refractivity contribution is 5.78. The van der Waals surface area contributed by atoms with Gasteiger partial charge < -0.3 is 18.9 Å². The van der Waals surface area contributed by atoms with Gasteiger partial charge in [-0.15, -0.1) is 0 Å². The van der Waals surface area contributed by atoms with Gasteiger partial charge in [-0.05, 0) is 30.7 Å². The first kappa shape index (κ1) is 19.0. The molecule has 1 aliphatic rings. The van der Waals surface area contributed by atoms with Gasteiger partial charge >= 0.3 is 0 Å². The van der Waals surface area contributed by atoms with Gasteiger partial charge in [-0.2, -0.15) is 4.98 Å². The Hall–Kier alpha value is -3.35. The van der Waals surface area contributed by atoms with Gasteiger partial charge in [0.2, 0.25) is 5.89 Å². The Balaban J connectivity index is 1.28. The highest BCUT2D eigenvalue weighted by Crippen LogP contribution is 2.27. The summed E-state index contributed by atoms with van der Waals surface area (Å²) >= 11 is 0. The zero-order chi connectivity index (χ0) is 20.2. The van der Waals surface area contributed by atoms with Crippen LogP contribution < -0.4 is 9.47 Å². The maximum Gasteiger partial charge on any atom is 0.260 e. The van der Waals surface area contributed by atoms with Crippen molar-refractivity contribution >= 4 is 5.91 Å². The van der Waals surface area contributed by atoms with Crippen LogP contribution in [0.15, 0.2) is 53.1 Å². The van der Waals surface area contributed by atoms with Gasteiger partial charge in [-0.1, -0.05) is 35.5 Å². The Morgan fingerprint density at radius 2 is 2.03 bits per heavy atom. The summed E-state index contributed by atoms with van der Waals surface area (Å²) in [4.78, 5) is 18.5. The van der Waals surface area contributed by atoms with Gasteiger partial charge in [0.25, 0.3) is 5.91 Å². The summed E-state index contributed by atoms with van der Waals surface area (Å²) in [5, 5.41) is 4.07. The molecule has 1 fully saturated rings. The average molecular weight is 393 g/mol. The summed E-state index contributed by atoms with van der Waals surface area (Å²) in [5.41, 5.74) is 2.10. The van der Waals surface area contributed by atoms with E-state index >= 15 is 0 Å². The SMILES string of the molecule is COc1ccccc1Cc1noc(C2CN(C(=O)COc3cccc(C)c3)C2)n1. The topological polar surface area (TPSA) is 77.7 Å². The Labute approximate surface area is 169 Å². The molecule has 4 rings (SSSR count). The van der Waals surface area contributed by atoms with Gasteiger partial charge in [0, 0.05) is 25.1 Å². The van der Waals surface area contributed by atoms with Gasteiger partial charge in [-0.3, -0.25) is 4.79 Å². The van der Waals surface area contributed by atoms with Crippen LogP contribution >= 0.6 is 0 Å². The first-order valence-corrected chi connectivity index (χ1v) is 9.54. The normalized spacial score (nSPS) is 13.8.